The van der Waals surface area contributed by atoms with E-state index in [9.17, 15) is 18.0 Å². The van der Waals surface area contributed by atoms with Crippen molar-refractivity contribution in [1.29, 1.82) is 0 Å². The Bertz CT molecular complexity index is 1370. The normalized spacial score (nSPS) is 12.1. The number of anilines is 1. The monoisotopic (exact) mass is 557 g/mol. The van der Waals surface area contributed by atoms with Crippen LogP contribution in [0.4, 0.5) is 5.69 Å². The van der Waals surface area contributed by atoms with Crippen LogP contribution >= 0.6 is 11.6 Å². The van der Waals surface area contributed by atoms with Crippen molar-refractivity contribution >= 4 is 39.1 Å². The maximum Gasteiger partial charge on any atom is 0.264 e. The lowest BCUT2D eigenvalue weighted by Crippen LogP contribution is -2.52. The molecule has 0 aliphatic heterocycles. The van der Waals surface area contributed by atoms with Crippen molar-refractivity contribution in [3.63, 3.8) is 0 Å². The maximum atomic E-state index is 13.9. The Hall–Kier alpha value is -3.56. The van der Waals surface area contributed by atoms with Crippen molar-refractivity contribution in [3.8, 4) is 5.75 Å². The minimum atomic E-state index is -4.17. The molecule has 0 bridgehead atoms. The number of carbonyl (C=O) groups excluding carboxylic acids is 2. The van der Waals surface area contributed by atoms with Gasteiger partial charge in [0, 0.05) is 12.6 Å². The molecule has 0 radical (unpaired) electrons. The van der Waals surface area contributed by atoms with Crippen LogP contribution in [-0.2, 0) is 26.2 Å². The highest BCUT2D eigenvalue weighted by Gasteiger charge is 2.33. The first kappa shape index (κ1) is 29.0. The van der Waals surface area contributed by atoms with Crippen LogP contribution in [0.15, 0.2) is 83.8 Å². The molecule has 0 aromatic heterocycles. The second-order valence-electron chi connectivity index (χ2n) is 8.99. The Morgan fingerprint density at radius 2 is 1.61 bits per heavy atom. The third-order valence-corrected chi connectivity index (χ3v) is 7.91. The standard InChI is InChI=1S/C28H32ClN3O5S/c1-20(2)30-28(34)21(3)31(18-22-11-10-12-23(17-22)37-4)27(33)19-32(26-16-9-8-15-25(26)29)38(35,36)24-13-6-5-7-14-24/h5-17,20-21H,18-19H2,1-4H3,(H,30,34)/t21-/m1/s1. The highest BCUT2D eigenvalue weighted by Crippen LogP contribution is 2.30. The van der Waals surface area contributed by atoms with Crippen molar-refractivity contribution in [1.82, 2.24) is 10.2 Å². The van der Waals surface area contributed by atoms with Crippen LogP contribution in [0.25, 0.3) is 0 Å². The first-order valence-corrected chi connectivity index (χ1v) is 13.9. The minimum Gasteiger partial charge on any atom is -0.497 e. The molecule has 38 heavy (non-hydrogen) atoms. The molecule has 1 atom stereocenters. The zero-order chi connectivity index (χ0) is 27.9. The molecule has 8 nitrogen and oxygen atoms in total. The number of para-hydroxylation sites is 1. The van der Waals surface area contributed by atoms with Crippen LogP contribution in [0.5, 0.6) is 5.75 Å². The van der Waals surface area contributed by atoms with E-state index in [-0.39, 0.29) is 34.1 Å². The molecule has 1 N–H and O–H groups in total. The Balaban J connectivity index is 2.04. The quantitative estimate of drug-likeness (QED) is 0.375. The fraction of sp³-hybridized carbons (Fsp3) is 0.286. The Morgan fingerprint density at radius 3 is 2.24 bits per heavy atom. The number of ether oxygens (including phenoxy) is 1. The Morgan fingerprint density at radius 1 is 0.947 bits per heavy atom. The third kappa shape index (κ3) is 7.05. The number of sulfonamides is 1. The van der Waals surface area contributed by atoms with Crippen LogP contribution in [0.1, 0.15) is 26.3 Å². The molecule has 2 amide bonds. The first-order valence-electron chi connectivity index (χ1n) is 12.1. The number of rotatable bonds is 11. The van der Waals surface area contributed by atoms with Crippen molar-refractivity contribution < 1.29 is 22.7 Å². The van der Waals surface area contributed by atoms with Gasteiger partial charge in [0.05, 0.1) is 22.7 Å². The van der Waals surface area contributed by atoms with E-state index in [1.807, 2.05) is 19.9 Å². The molecule has 0 aliphatic rings. The van der Waals surface area contributed by atoms with Crippen LogP contribution in [-0.4, -0.2) is 50.9 Å². The smallest absolute Gasteiger partial charge is 0.264 e. The third-order valence-electron chi connectivity index (χ3n) is 5.82. The molecular weight excluding hydrogens is 526 g/mol. The number of nitrogens with zero attached hydrogens (tertiary/aromatic N) is 2. The summed E-state index contributed by atoms with van der Waals surface area (Å²) in [5.74, 6) is -0.330. The summed E-state index contributed by atoms with van der Waals surface area (Å²) < 4.78 is 33.8. The van der Waals surface area contributed by atoms with Gasteiger partial charge >= 0.3 is 0 Å². The molecule has 0 fully saturated rings. The molecule has 3 aromatic carbocycles. The molecule has 3 aromatic rings. The van der Waals surface area contributed by atoms with E-state index in [2.05, 4.69) is 5.32 Å². The van der Waals surface area contributed by atoms with E-state index < -0.39 is 28.5 Å². The van der Waals surface area contributed by atoms with Crippen LogP contribution in [0, 0.1) is 0 Å². The van der Waals surface area contributed by atoms with Gasteiger partial charge in [-0.05, 0) is 62.7 Å². The van der Waals surface area contributed by atoms with E-state index in [4.69, 9.17) is 16.3 Å². The fourth-order valence-corrected chi connectivity index (χ4v) is 5.58. The number of nitrogens with one attached hydrogen (secondary N) is 1. The lowest BCUT2D eigenvalue weighted by molar-refractivity contribution is -0.139. The van der Waals surface area contributed by atoms with E-state index in [0.29, 0.717) is 5.75 Å². The number of benzene rings is 3. The van der Waals surface area contributed by atoms with E-state index in [1.165, 1.54) is 30.2 Å². The molecule has 0 spiro atoms. The summed E-state index contributed by atoms with van der Waals surface area (Å²) >= 11 is 6.40. The summed E-state index contributed by atoms with van der Waals surface area (Å²) in [4.78, 5) is 28.2. The zero-order valence-corrected chi connectivity index (χ0v) is 23.4. The number of hydrogen-bond donors (Lipinski definition) is 1. The summed E-state index contributed by atoms with van der Waals surface area (Å²) in [6.07, 6.45) is 0. The lowest BCUT2D eigenvalue weighted by Gasteiger charge is -2.32. The van der Waals surface area contributed by atoms with Crippen molar-refractivity contribution in [2.24, 2.45) is 0 Å². The molecule has 0 unspecified atom stereocenters. The predicted molar refractivity (Wildman–Crippen MR) is 149 cm³/mol. The average Bonchev–Trinajstić information content (AvgIpc) is 2.90. The van der Waals surface area contributed by atoms with E-state index in [1.54, 1.807) is 61.5 Å². The van der Waals surface area contributed by atoms with Gasteiger partial charge in [0.1, 0.15) is 18.3 Å². The fourth-order valence-electron chi connectivity index (χ4n) is 3.84. The number of amides is 2. The summed E-state index contributed by atoms with van der Waals surface area (Å²) in [6, 6.07) is 20.3. The zero-order valence-electron chi connectivity index (χ0n) is 21.8. The number of halogens is 1. The average molecular weight is 558 g/mol. The molecule has 0 saturated carbocycles. The largest absolute Gasteiger partial charge is 0.497 e. The summed E-state index contributed by atoms with van der Waals surface area (Å²) in [7, 11) is -2.63. The Labute approximate surface area is 229 Å². The SMILES string of the molecule is COc1cccc(CN(C(=O)CN(c2ccccc2Cl)S(=O)(=O)c2ccccc2)[C@H](C)C(=O)NC(C)C)c1. The number of hydrogen-bond acceptors (Lipinski definition) is 5. The summed E-state index contributed by atoms with van der Waals surface area (Å²) in [6.45, 7) is 4.75. The van der Waals surface area contributed by atoms with Gasteiger partial charge in [-0.1, -0.05) is 54.1 Å². The highest BCUT2D eigenvalue weighted by molar-refractivity contribution is 7.92. The minimum absolute atomic E-state index is 0.0117. The summed E-state index contributed by atoms with van der Waals surface area (Å²) in [5, 5.41) is 3.00. The Kier molecular flexibility index (Phi) is 9.77. The van der Waals surface area contributed by atoms with Gasteiger partial charge in [-0.2, -0.15) is 0 Å². The lowest BCUT2D eigenvalue weighted by atomic mass is 10.1. The molecule has 0 aliphatic carbocycles. The topological polar surface area (TPSA) is 96.0 Å². The van der Waals surface area contributed by atoms with Gasteiger partial charge in [0.2, 0.25) is 11.8 Å². The predicted octanol–water partition coefficient (Wildman–Crippen LogP) is 4.49. The van der Waals surface area contributed by atoms with Crippen LogP contribution < -0.4 is 14.4 Å². The van der Waals surface area contributed by atoms with E-state index in [0.717, 1.165) is 9.87 Å². The van der Waals surface area contributed by atoms with Gasteiger partial charge in [-0.15, -0.1) is 0 Å². The maximum absolute atomic E-state index is 13.9. The van der Waals surface area contributed by atoms with Crippen LogP contribution in [0.2, 0.25) is 5.02 Å². The highest BCUT2D eigenvalue weighted by atomic mass is 35.5. The molecule has 202 valence electrons. The molecule has 3 rings (SSSR count). The first-order chi connectivity index (χ1) is 18.0. The second-order valence-corrected chi connectivity index (χ2v) is 11.3. The van der Waals surface area contributed by atoms with Crippen molar-refractivity contribution in [3.05, 3.63) is 89.4 Å². The van der Waals surface area contributed by atoms with Gasteiger partial charge in [-0.25, -0.2) is 8.42 Å². The molecular formula is C28H32ClN3O5S. The van der Waals surface area contributed by atoms with E-state index >= 15 is 0 Å². The molecule has 10 heteroatoms. The molecule has 0 heterocycles. The molecule has 0 saturated heterocycles. The van der Waals surface area contributed by atoms with Crippen LogP contribution in [0.3, 0.4) is 0 Å². The second kappa shape index (κ2) is 12.8. The van der Waals surface area contributed by atoms with Crippen molar-refractivity contribution in [2.75, 3.05) is 18.0 Å². The summed E-state index contributed by atoms with van der Waals surface area (Å²) in [5.41, 5.74) is 0.879. The van der Waals surface area contributed by atoms with Gasteiger partial charge in [0.15, 0.2) is 0 Å². The number of carbonyl (C=O) groups is 2. The number of methoxy groups -OCH3 is 1. The van der Waals surface area contributed by atoms with Gasteiger partial charge < -0.3 is 15.0 Å². The van der Waals surface area contributed by atoms with Crippen molar-refractivity contribution in [2.45, 2.75) is 44.3 Å². The van der Waals surface area contributed by atoms with Gasteiger partial charge in [-0.3, -0.25) is 13.9 Å². The van der Waals surface area contributed by atoms with Gasteiger partial charge in [0.25, 0.3) is 10.0 Å².